The highest BCUT2D eigenvalue weighted by Gasteiger charge is 2.48. The highest BCUT2D eigenvalue weighted by Crippen LogP contribution is 2.49. The van der Waals surface area contributed by atoms with Gasteiger partial charge >= 0.3 is 0 Å². The van der Waals surface area contributed by atoms with Crippen molar-refractivity contribution in [1.82, 2.24) is 0 Å². The van der Waals surface area contributed by atoms with Crippen molar-refractivity contribution in [2.45, 2.75) is 25.2 Å². The molecule has 6 rings (SSSR count). The molecule has 2 aliphatic carbocycles. The summed E-state index contributed by atoms with van der Waals surface area (Å²) in [6.45, 7) is 0.191. The third-order valence-electron chi connectivity index (χ3n) is 6.13. The van der Waals surface area contributed by atoms with Crippen LogP contribution < -0.4 is 9.47 Å². The lowest BCUT2D eigenvalue weighted by Crippen LogP contribution is -2.33. The molecule has 2 atom stereocenters. The van der Waals surface area contributed by atoms with E-state index in [2.05, 4.69) is 0 Å². The summed E-state index contributed by atoms with van der Waals surface area (Å²) < 4.78 is 11.0. The van der Waals surface area contributed by atoms with Crippen molar-refractivity contribution in [2.75, 3.05) is 6.79 Å². The van der Waals surface area contributed by atoms with Gasteiger partial charge in [0.1, 0.15) is 0 Å². The zero-order chi connectivity index (χ0) is 18.8. The van der Waals surface area contributed by atoms with Crippen LogP contribution in [0.15, 0.2) is 58.7 Å². The molecule has 2 aromatic rings. The second-order valence-electron chi connectivity index (χ2n) is 7.61. The summed E-state index contributed by atoms with van der Waals surface area (Å²) in [7, 11) is 0. The molecule has 0 aromatic heterocycles. The number of ether oxygens (including phenoxy) is 2. The fourth-order valence-corrected chi connectivity index (χ4v) is 4.91. The standard InChI is InChI=1S/C23H17NO4/c25-16-7-3-6-15-20(16)19(12-8-9-17-18(10-12)28-11-27-17)21-22(24-15)13-4-1-2-5-14(13)23(21)26/h1-2,4-5,8-10,19,21H,3,6-7,11H2/t19-,21-/m1/s1. The second-order valence-corrected chi connectivity index (χ2v) is 7.61. The Labute approximate surface area is 161 Å². The van der Waals surface area contributed by atoms with Gasteiger partial charge in [0.05, 0.1) is 11.6 Å². The van der Waals surface area contributed by atoms with Gasteiger partial charge in [0.2, 0.25) is 6.79 Å². The molecule has 2 aliphatic heterocycles. The smallest absolute Gasteiger partial charge is 0.231 e. The van der Waals surface area contributed by atoms with Crippen LogP contribution in [0.2, 0.25) is 0 Å². The molecular weight excluding hydrogens is 354 g/mol. The van der Waals surface area contributed by atoms with E-state index in [4.69, 9.17) is 14.5 Å². The number of carbonyl (C=O) groups excluding carboxylic acids is 2. The van der Waals surface area contributed by atoms with E-state index >= 15 is 0 Å². The Morgan fingerprint density at radius 2 is 1.71 bits per heavy atom. The Bertz CT molecular complexity index is 1130. The minimum atomic E-state index is -0.460. The van der Waals surface area contributed by atoms with Crippen LogP contribution in [0.5, 0.6) is 11.5 Å². The molecule has 138 valence electrons. The van der Waals surface area contributed by atoms with Crippen molar-refractivity contribution in [3.05, 3.63) is 70.4 Å². The number of hydrogen-bond donors (Lipinski definition) is 0. The number of Topliss-reactive ketones (excluding diaryl/α,β-unsaturated/α-hetero) is 2. The van der Waals surface area contributed by atoms with E-state index in [1.807, 2.05) is 42.5 Å². The molecule has 4 aliphatic rings. The van der Waals surface area contributed by atoms with Gasteiger partial charge in [-0.3, -0.25) is 14.6 Å². The lowest BCUT2D eigenvalue weighted by molar-refractivity contribution is -0.116. The van der Waals surface area contributed by atoms with Crippen LogP contribution in [0.3, 0.4) is 0 Å². The first-order valence-electron chi connectivity index (χ1n) is 9.60. The van der Waals surface area contributed by atoms with Crippen molar-refractivity contribution < 1.29 is 19.1 Å². The van der Waals surface area contributed by atoms with E-state index in [-0.39, 0.29) is 24.3 Å². The number of aliphatic imine (C=N–C) groups is 1. The van der Waals surface area contributed by atoms with Crippen LogP contribution in [0, 0.1) is 5.92 Å². The average molecular weight is 371 g/mol. The van der Waals surface area contributed by atoms with Crippen molar-refractivity contribution >= 4 is 17.3 Å². The molecule has 0 unspecified atom stereocenters. The third kappa shape index (κ3) is 2.04. The topological polar surface area (TPSA) is 65.0 Å². The van der Waals surface area contributed by atoms with Gasteiger partial charge in [-0.1, -0.05) is 30.3 Å². The van der Waals surface area contributed by atoms with E-state index in [1.165, 1.54) is 0 Å². The SMILES string of the molecule is O=C1CCCC2=C1[C@@H](c1ccc3c(c1)OCO3)[C@H]1C(=O)c3ccccc3C1=N2. The Morgan fingerprint density at radius 1 is 0.893 bits per heavy atom. The third-order valence-corrected chi connectivity index (χ3v) is 6.13. The molecule has 0 spiro atoms. The predicted octanol–water partition coefficient (Wildman–Crippen LogP) is 3.82. The van der Waals surface area contributed by atoms with E-state index < -0.39 is 5.92 Å². The summed E-state index contributed by atoms with van der Waals surface area (Å²) in [6.07, 6.45) is 2.09. The first-order chi connectivity index (χ1) is 13.7. The zero-order valence-electron chi connectivity index (χ0n) is 15.1. The van der Waals surface area contributed by atoms with Gasteiger partial charge in [-0.25, -0.2) is 0 Å². The molecule has 5 nitrogen and oxygen atoms in total. The molecule has 0 N–H and O–H groups in total. The second kappa shape index (κ2) is 5.64. The normalized spacial score (nSPS) is 24.6. The summed E-state index contributed by atoms with van der Waals surface area (Å²) in [6, 6.07) is 13.4. The van der Waals surface area contributed by atoms with Gasteiger partial charge < -0.3 is 9.47 Å². The van der Waals surface area contributed by atoms with Gasteiger partial charge in [0.15, 0.2) is 23.1 Å². The maximum Gasteiger partial charge on any atom is 0.231 e. The number of allylic oxidation sites excluding steroid dienone is 2. The molecule has 0 saturated carbocycles. The first kappa shape index (κ1) is 15.8. The molecule has 2 aromatic carbocycles. The van der Waals surface area contributed by atoms with E-state index in [0.717, 1.165) is 35.4 Å². The number of ketones is 2. The number of fused-ring (bicyclic) bond motifs is 4. The summed E-state index contributed by atoms with van der Waals surface area (Å²) >= 11 is 0. The lowest BCUT2D eigenvalue weighted by atomic mass is 9.71. The Hall–Kier alpha value is -3.21. The van der Waals surface area contributed by atoms with Crippen LogP contribution in [-0.4, -0.2) is 24.1 Å². The maximum atomic E-state index is 13.4. The van der Waals surface area contributed by atoms with Crippen LogP contribution in [0.1, 0.15) is 46.7 Å². The Balaban J connectivity index is 1.59. The van der Waals surface area contributed by atoms with Crippen molar-refractivity contribution in [2.24, 2.45) is 10.9 Å². The highest BCUT2D eigenvalue weighted by molar-refractivity contribution is 6.30. The van der Waals surface area contributed by atoms with E-state index in [1.54, 1.807) is 0 Å². The molecule has 0 radical (unpaired) electrons. The number of nitrogens with zero attached hydrogens (tertiary/aromatic N) is 1. The van der Waals surface area contributed by atoms with Crippen LogP contribution in [0.25, 0.3) is 0 Å². The van der Waals surface area contributed by atoms with Crippen LogP contribution in [0.4, 0.5) is 0 Å². The van der Waals surface area contributed by atoms with Crippen LogP contribution >= 0.6 is 0 Å². The molecule has 0 fully saturated rings. The van der Waals surface area contributed by atoms with Crippen molar-refractivity contribution in [3.63, 3.8) is 0 Å². The van der Waals surface area contributed by atoms with E-state index in [9.17, 15) is 9.59 Å². The number of hydrogen-bond acceptors (Lipinski definition) is 5. The molecule has 0 saturated heterocycles. The zero-order valence-corrected chi connectivity index (χ0v) is 15.1. The summed E-state index contributed by atoms with van der Waals surface area (Å²) in [5.74, 6) is 0.717. The Morgan fingerprint density at radius 3 is 2.61 bits per heavy atom. The highest BCUT2D eigenvalue weighted by atomic mass is 16.7. The monoisotopic (exact) mass is 371 g/mol. The maximum absolute atomic E-state index is 13.4. The molecule has 5 heteroatoms. The summed E-state index contributed by atoms with van der Waals surface area (Å²) in [5.41, 5.74) is 4.86. The minimum absolute atomic E-state index is 0.0435. The van der Waals surface area contributed by atoms with Gasteiger partial charge in [-0.2, -0.15) is 0 Å². The Kier molecular flexibility index (Phi) is 3.19. The number of carbonyl (C=O) groups is 2. The fraction of sp³-hybridized carbons (Fsp3) is 0.261. The summed E-state index contributed by atoms with van der Waals surface area (Å²) in [5, 5.41) is 0. The average Bonchev–Trinajstić information content (AvgIpc) is 3.30. The molecule has 2 heterocycles. The fourth-order valence-electron chi connectivity index (χ4n) is 4.91. The predicted molar refractivity (Wildman–Crippen MR) is 102 cm³/mol. The minimum Gasteiger partial charge on any atom is -0.454 e. The molecule has 0 amide bonds. The van der Waals surface area contributed by atoms with Crippen LogP contribution in [-0.2, 0) is 4.79 Å². The molecule has 0 bridgehead atoms. The number of benzene rings is 2. The van der Waals surface area contributed by atoms with Crippen molar-refractivity contribution in [1.29, 1.82) is 0 Å². The number of rotatable bonds is 1. The van der Waals surface area contributed by atoms with E-state index in [0.29, 0.717) is 29.1 Å². The van der Waals surface area contributed by atoms with Gasteiger partial charge in [-0.15, -0.1) is 0 Å². The summed E-state index contributed by atoms with van der Waals surface area (Å²) in [4.78, 5) is 31.1. The molecule has 28 heavy (non-hydrogen) atoms. The van der Waals surface area contributed by atoms with Gasteiger partial charge in [0, 0.05) is 34.7 Å². The quantitative estimate of drug-likeness (QED) is 0.764. The molecular formula is C23H17NO4. The first-order valence-corrected chi connectivity index (χ1v) is 9.60. The lowest BCUT2D eigenvalue weighted by Gasteiger charge is -2.33. The largest absolute Gasteiger partial charge is 0.454 e. The van der Waals surface area contributed by atoms with Gasteiger partial charge in [0.25, 0.3) is 0 Å². The van der Waals surface area contributed by atoms with Gasteiger partial charge in [-0.05, 0) is 30.5 Å². The van der Waals surface area contributed by atoms with Crippen molar-refractivity contribution in [3.8, 4) is 11.5 Å².